The summed E-state index contributed by atoms with van der Waals surface area (Å²) in [6.07, 6.45) is -2.29. The molecule has 1 aromatic carbocycles. The van der Waals surface area contributed by atoms with Crippen LogP contribution < -0.4 is 11.1 Å². The van der Waals surface area contributed by atoms with Crippen LogP contribution in [0.5, 0.6) is 0 Å². The molecule has 1 saturated carbocycles. The number of amides is 1. The summed E-state index contributed by atoms with van der Waals surface area (Å²) in [5.41, 5.74) is 3.90. The van der Waals surface area contributed by atoms with E-state index in [0.717, 1.165) is 23.0 Å². The van der Waals surface area contributed by atoms with Crippen LogP contribution in [0.4, 0.5) is 17.6 Å². The molecule has 6 nitrogen and oxygen atoms in total. The number of nitrogens with zero attached hydrogens (tertiary/aromatic N) is 2. The SMILES string of the molecule is N=C(N)NC(=O)c1cnn(-c2ccc(F)cc2C(F)(F)F)c1C1CC1. The topological polar surface area (TPSA) is 96.8 Å². The van der Waals surface area contributed by atoms with E-state index >= 15 is 0 Å². The van der Waals surface area contributed by atoms with E-state index in [1.807, 2.05) is 0 Å². The second-order valence-electron chi connectivity index (χ2n) is 5.66. The van der Waals surface area contributed by atoms with E-state index in [-0.39, 0.29) is 22.9 Å². The van der Waals surface area contributed by atoms with E-state index in [9.17, 15) is 22.4 Å². The van der Waals surface area contributed by atoms with Gasteiger partial charge in [0.05, 0.1) is 28.7 Å². The van der Waals surface area contributed by atoms with Gasteiger partial charge >= 0.3 is 6.18 Å². The molecule has 1 aliphatic rings. The third kappa shape index (κ3) is 3.32. The average Bonchev–Trinajstić information content (AvgIpc) is 3.24. The first kappa shape index (κ1) is 16.9. The number of carbonyl (C=O) groups excluding carboxylic acids is 1. The van der Waals surface area contributed by atoms with Crippen LogP contribution in [0.2, 0.25) is 0 Å². The van der Waals surface area contributed by atoms with Gasteiger partial charge in [-0.3, -0.25) is 15.5 Å². The average molecular weight is 355 g/mol. The Kier molecular flexibility index (Phi) is 3.97. The van der Waals surface area contributed by atoms with Gasteiger partial charge in [0.15, 0.2) is 5.96 Å². The molecule has 1 aromatic heterocycles. The van der Waals surface area contributed by atoms with Gasteiger partial charge in [-0.2, -0.15) is 18.3 Å². The zero-order chi connectivity index (χ0) is 18.4. The van der Waals surface area contributed by atoms with Crippen molar-refractivity contribution in [1.29, 1.82) is 5.41 Å². The van der Waals surface area contributed by atoms with Crippen LogP contribution in [0.15, 0.2) is 24.4 Å². The van der Waals surface area contributed by atoms with Gasteiger partial charge in [-0.25, -0.2) is 9.07 Å². The van der Waals surface area contributed by atoms with Crippen molar-refractivity contribution in [3.05, 3.63) is 47.0 Å². The first-order valence-corrected chi connectivity index (χ1v) is 7.29. The van der Waals surface area contributed by atoms with E-state index in [2.05, 4.69) is 10.4 Å². The number of hydrogen-bond acceptors (Lipinski definition) is 3. The van der Waals surface area contributed by atoms with E-state index in [1.165, 1.54) is 0 Å². The van der Waals surface area contributed by atoms with Crippen molar-refractivity contribution in [3.8, 4) is 5.69 Å². The van der Waals surface area contributed by atoms with Crippen molar-refractivity contribution in [2.45, 2.75) is 24.9 Å². The maximum absolute atomic E-state index is 13.3. The normalized spacial score (nSPS) is 14.4. The highest BCUT2D eigenvalue weighted by molar-refractivity contribution is 6.05. The molecule has 1 aliphatic carbocycles. The van der Waals surface area contributed by atoms with Crippen LogP contribution in [-0.2, 0) is 6.18 Å². The lowest BCUT2D eigenvalue weighted by Crippen LogP contribution is -2.36. The van der Waals surface area contributed by atoms with Crippen molar-refractivity contribution >= 4 is 11.9 Å². The van der Waals surface area contributed by atoms with E-state index in [1.54, 1.807) is 0 Å². The van der Waals surface area contributed by atoms with Gasteiger partial charge in [-0.1, -0.05) is 0 Å². The summed E-state index contributed by atoms with van der Waals surface area (Å²) in [7, 11) is 0. The molecule has 0 radical (unpaired) electrons. The number of benzene rings is 1. The summed E-state index contributed by atoms with van der Waals surface area (Å²) in [5.74, 6) is -2.47. The molecule has 10 heteroatoms. The van der Waals surface area contributed by atoms with Gasteiger partial charge in [-0.05, 0) is 31.0 Å². The Labute approximate surface area is 139 Å². The predicted octanol–water partition coefficient (Wildman–Crippen LogP) is 2.53. The minimum atomic E-state index is -4.79. The molecule has 132 valence electrons. The molecule has 1 heterocycles. The molecule has 3 rings (SSSR count). The molecule has 0 spiro atoms. The molecule has 1 fully saturated rings. The standard InChI is InChI=1S/C15H13F4N5O/c16-8-3-4-11(10(5-8)15(17,18)19)24-12(7-1-2-7)9(6-22-24)13(25)23-14(20)21/h3-7H,1-2H2,(H4,20,21,23,25). The number of nitrogens with two attached hydrogens (primary N) is 1. The van der Waals surface area contributed by atoms with Crippen LogP contribution in [0.3, 0.4) is 0 Å². The Morgan fingerprint density at radius 3 is 2.60 bits per heavy atom. The maximum atomic E-state index is 13.3. The van der Waals surface area contributed by atoms with Crippen LogP contribution in [-0.4, -0.2) is 21.6 Å². The highest BCUT2D eigenvalue weighted by Crippen LogP contribution is 2.44. The Hall–Kier alpha value is -2.91. The lowest BCUT2D eigenvalue weighted by atomic mass is 10.1. The van der Waals surface area contributed by atoms with Gasteiger partial charge in [0.1, 0.15) is 5.82 Å². The summed E-state index contributed by atoms with van der Waals surface area (Å²) >= 11 is 0. The number of aromatic nitrogens is 2. The number of halogens is 4. The molecule has 4 N–H and O–H groups in total. The lowest BCUT2D eigenvalue weighted by molar-refractivity contribution is -0.137. The largest absolute Gasteiger partial charge is 0.418 e. The zero-order valence-electron chi connectivity index (χ0n) is 12.7. The third-order valence-corrected chi connectivity index (χ3v) is 3.76. The smallest absolute Gasteiger partial charge is 0.370 e. The molecule has 0 atom stereocenters. The zero-order valence-corrected chi connectivity index (χ0v) is 12.7. The second kappa shape index (κ2) is 5.87. The number of rotatable bonds is 3. The third-order valence-electron chi connectivity index (χ3n) is 3.76. The minimum absolute atomic E-state index is 0.0372. The molecular formula is C15H13F4N5O. The lowest BCUT2D eigenvalue weighted by Gasteiger charge is -2.15. The molecule has 0 aliphatic heterocycles. The second-order valence-corrected chi connectivity index (χ2v) is 5.66. The van der Waals surface area contributed by atoms with Crippen LogP contribution >= 0.6 is 0 Å². The first-order valence-electron chi connectivity index (χ1n) is 7.29. The number of hydrogen-bond donors (Lipinski definition) is 3. The molecule has 0 bridgehead atoms. The van der Waals surface area contributed by atoms with Crippen molar-refractivity contribution in [2.24, 2.45) is 5.73 Å². The molecule has 0 saturated heterocycles. The van der Waals surface area contributed by atoms with Crippen molar-refractivity contribution in [3.63, 3.8) is 0 Å². The van der Waals surface area contributed by atoms with Crippen LogP contribution in [0.25, 0.3) is 5.69 Å². The minimum Gasteiger partial charge on any atom is -0.370 e. The number of nitrogens with one attached hydrogen (secondary N) is 2. The Bertz CT molecular complexity index is 854. The van der Waals surface area contributed by atoms with Crippen LogP contribution in [0.1, 0.15) is 40.4 Å². The fraction of sp³-hybridized carbons (Fsp3) is 0.267. The molecule has 25 heavy (non-hydrogen) atoms. The molecule has 0 unspecified atom stereocenters. The van der Waals surface area contributed by atoms with E-state index in [4.69, 9.17) is 11.1 Å². The van der Waals surface area contributed by atoms with Gasteiger partial charge in [0.2, 0.25) is 0 Å². The summed E-state index contributed by atoms with van der Waals surface area (Å²) in [4.78, 5) is 12.1. The first-order chi connectivity index (χ1) is 11.7. The van der Waals surface area contributed by atoms with Gasteiger partial charge in [-0.15, -0.1) is 0 Å². The molecule has 1 amide bonds. The highest BCUT2D eigenvalue weighted by atomic mass is 19.4. The Morgan fingerprint density at radius 2 is 2.04 bits per heavy atom. The Morgan fingerprint density at radius 1 is 1.36 bits per heavy atom. The number of guanidine groups is 1. The predicted molar refractivity (Wildman–Crippen MR) is 79.9 cm³/mol. The summed E-state index contributed by atoms with van der Waals surface area (Å²) < 4.78 is 54.1. The van der Waals surface area contributed by atoms with Crippen molar-refractivity contribution in [2.75, 3.05) is 0 Å². The number of carbonyl (C=O) groups is 1. The monoisotopic (exact) mass is 355 g/mol. The van der Waals surface area contributed by atoms with Crippen molar-refractivity contribution in [1.82, 2.24) is 15.1 Å². The Balaban J connectivity index is 2.15. The summed E-state index contributed by atoms with van der Waals surface area (Å²) in [5, 5.41) is 13.1. The summed E-state index contributed by atoms with van der Waals surface area (Å²) in [6, 6.07) is 2.27. The van der Waals surface area contributed by atoms with E-state index in [0.29, 0.717) is 18.9 Å². The fourth-order valence-electron chi connectivity index (χ4n) is 2.58. The maximum Gasteiger partial charge on any atom is 0.418 e. The fourth-order valence-corrected chi connectivity index (χ4v) is 2.58. The molecule has 2 aromatic rings. The van der Waals surface area contributed by atoms with Gasteiger partial charge < -0.3 is 5.73 Å². The van der Waals surface area contributed by atoms with Gasteiger partial charge in [0.25, 0.3) is 5.91 Å². The summed E-state index contributed by atoms with van der Waals surface area (Å²) in [6.45, 7) is 0. The molecular weight excluding hydrogens is 342 g/mol. The highest BCUT2D eigenvalue weighted by Gasteiger charge is 2.38. The van der Waals surface area contributed by atoms with E-state index < -0.39 is 29.4 Å². The quantitative estimate of drug-likeness (QED) is 0.448. The van der Waals surface area contributed by atoms with Crippen LogP contribution in [0, 0.1) is 11.2 Å². The number of alkyl halides is 3. The van der Waals surface area contributed by atoms with Gasteiger partial charge in [0, 0.05) is 5.92 Å². The van der Waals surface area contributed by atoms with Crippen molar-refractivity contribution < 1.29 is 22.4 Å².